The molecular weight excluding hydrogens is 216 g/mol. The highest BCUT2D eigenvalue weighted by molar-refractivity contribution is 5.47. The van der Waals surface area contributed by atoms with E-state index >= 15 is 0 Å². The first kappa shape index (κ1) is 12.1. The average Bonchev–Trinajstić information content (AvgIpc) is 3.13. The Kier molecular flexibility index (Phi) is 3.78. The summed E-state index contributed by atoms with van der Waals surface area (Å²) in [6.45, 7) is 3.94. The molecule has 0 spiro atoms. The lowest BCUT2D eigenvalue weighted by molar-refractivity contribution is 0.289. The predicted molar refractivity (Wildman–Crippen MR) is 68.0 cm³/mol. The largest absolute Gasteiger partial charge is 0.396 e. The second-order valence-electron chi connectivity index (χ2n) is 4.44. The molecule has 0 aliphatic heterocycles. The molecule has 0 saturated heterocycles. The monoisotopic (exact) mass is 236 g/mol. The number of anilines is 2. The fourth-order valence-corrected chi connectivity index (χ4v) is 1.85. The van der Waals surface area contributed by atoms with E-state index < -0.39 is 0 Å². The zero-order chi connectivity index (χ0) is 12.3. The van der Waals surface area contributed by atoms with E-state index in [0.717, 1.165) is 31.2 Å². The molecular formula is C12H20N4O. The lowest BCUT2D eigenvalue weighted by Crippen LogP contribution is -2.26. The summed E-state index contributed by atoms with van der Waals surface area (Å²) in [7, 11) is 0. The van der Waals surface area contributed by atoms with Crippen molar-refractivity contribution in [3.8, 4) is 0 Å². The van der Waals surface area contributed by atoms with Crippen LogP contribution in [0.5, 0.6) is 0 Å². The second kappa shape index (κ2) is 5.31. The van der Waals surface area contributed by atoms with Crippen LogP contribution in [0.2, 0.25) is 0 Å². The molecule has 0 atom stereocenters. The fraction of sp³-hybridized carbons (Fsp3) is 0.667. The summed E-state index contributed by atoms with van der Waals surface area (Å²) in [6, 6.07) is 1.81. The van der Waals surface area contributed by atoms with Crippen molar-refractivity contribution in [3.05, 3.63) is 11.9 Å². The fourth-order valence-electron chi connectivity index (χ4n) is 1.85. The van der Waals surface area contributed by atoms with Crippen LogP contribution in [0.15, 0.2) is 6.07 Å². The molecule has 0 aromatic carbocycles. The standard InChI is InChI=1S/C12H20N4O/c1-2-16(6-3-7-17)11-8-10(13)14-12(15-11)9-4-5-9/h8-9,17H,2-7H2,1H3,(H2,13,14,15). The molecule has 1 fully saturated rings. The Morgan fingerprint density at radius 3 is 2.82 bits per heavy atom. The summed E-state index contributed by atoms with van der Waals surface area (Å²) in [5, 5.41) is 8.88. The van der Waals surface area contributed by atoms with Crippen LogP contribution in [0.3, 0.4) is 0 Å². The molecule has 0 amide bonds. The van der Waals surface area contributed by atoms with Crippen LogP contribution in [0.4, 0.5) is 11.6 Å². The minimum absolute atomic E-state index is 0.201. The molecule has 5 nitrogen and oxygen atoms in total. The molecule has 0 unspecified atom stereocenters. The van der Waals surface area contributed by atoms with Crippen LogP contribution in [0.1, 0.15) is 37.9 Å². The minimum atomic E-state index is 0.201. The first-order chi connectivity index (χ1) is 8.24. The predicted octanol–water partition coefficient (Wildman–Crippen LogP) is 1.14. The third kappa shape index (κ3) is 3.06. The zero-order valence-corrected chi connectivity index (χ0v) is 10.3. The van der Waals surface area contributed by atoms with Gasteiger partial charge < -0.3 is 15.7 Å². The van der Waals surface area contributed by atoms with Gasteiger partial charge in [-0.05, 0) is 26.2 Å². The van der Waals surface area contributed by atoms with Gasteiger partial charge in [0, 0.05) is 31.7 Å². The zero-order valence-electron chi connectivity index (χ0n) is 10.3. The Morgan fingerprint density at radius 1 is 1.47 bits per heavy atom. The van der Waals surface area contributed by atoms with E-state index in [-0.39, 0.29) is 6.61 Å². The van der Waals surface area contributed by atoms with Crippen molar-refractivity contribution in [3.63, 3.8) is 0 Å². The summed E-state index contributed by atoms with van der Waals surface area (Å²) in [5.74, 6) is 2.81. The first-order valence-electron chi connectivity index (χ1n) is 6.25. The SMILES string of the molecule is CCN(CCCO)c1cc(N)nc(C2CC2)n1. The molecule has 2 rings (SSSR count). The van der Waals surface area contributed by atoms with Gasteiger partial charge in [0.1, 0.15) is 17.5 Å². The van der Waals surface area contributed by atoms with Gasteiger partial charge in [-0.25, -0.2) is 9.97 Å². The van der Waals surface area contributed by atoms with Crippen molar-refractivity contribution in [1.29, 1.82) is 0 Å². The Bertz CT molecular complexity index is 379. The normalized spacial score (nSPS) is 14.9. The number of hydrogen-bond acceptors (Lipinski definition) is 5. The second-order valence-corrected chi connectivity index (χ2v) is 4.44. The van der Waals surface area contributed by atoms with Crippen LogP contribution in [-0.2, 0) is 0 Å². The Balaban J connectivity index is 2.16. The van der Waals surface area contributed by atoms with Crippen LogP contribution < -0.4 is 10.6 Å². The van der Waals surface area contributed by atoms with Crippen molar-refractivity contribution >= 4 is 11.6 Å². The molecule has 17 heavy (non-hydrogen) atoms. The average molecular weight is 236 g/mol. The van der Waals surface area contributed by atoms with Crippen molar-refractivity contribution in [2.24, 2.45) is 0 Å². The van der Waals surface area contributed by atoms with Gasteiger partial charge >= 0.3 is 0 Å². The molecule has 1 aromatic heterocycles. The van der Waals surface area contributed by atoms with Crippen LogP contribution in [0.25, 0.3) is 0 Å². The molecule has 0 radical (unpaired) electrons. The van der Waals surface area contributed by atoms with Gasteiger partial charge in [0.2, 0.25) is 0 Å². The molecule has 1 heterocycles. The summed E-state index contributed by atoms with van der Waals surface area (Å²) in [6.07, 6.45) is 3.09. The third-order valence-corrected chi connectivity index (χ3v) is 2.98. The van der Waals surface area contributed by atoms with E-state index in [9.17, 15) is 0 Å². The number of hydrogen-bond donors (Lipinski definition) is 2. The number of aliphatic hydroxyl groups is 1. The van der Waals surface area contributed by atoms with Gasteiger partial charge in [-0.1, -0.05) is 0 Å². The molecule has 1 aliphatic rings. The van der Waals surface area contributed by atoms with Crippen molar-refractivity contribution < 1.29 is 5.11 Å². The highest BCUT2D eigenvalue weighted by Gasteiger charge is 2.27. The van der Waals surface area contributed by atoms with Gasteiger partial charge in [0.25, 0.3) is 0 Å². The number of aromatic nitrogens is 2. The summed E-state index contributed by atoms with van der Waals surface area (Å²) in [4.78, 5) is 11.0. The summed E-state index contributed by atoms with van der Waals surface area (Å²) >= 11 is 0. The Labute approximate surface area is 102 Å². The van der Waals surface area contributed by atoms with Gasteiger partial charge in [-0.15, -0.1) is 0 Å². The number of nitrogen functional groups attached to an aromatic ring is 1. The van der Waals surface area contributed by atoms with Crippen molar-refractivity contribution in [2.45, 2.75) is 32.1 Å². The Hall–Kier alpha value is -1.36. The molecule has 0 bridgehead atoms. The van der Waals surface area contributed by atoms with E-state index in [1.54, 1.807) is 0 Å². The van der Waals surface area contributed by atoms with Gasteiger partial charge in [0.15, 0.2) is 0 Å². The number of rotatable bonds is 6. The van der Waals surface area contributed by atoms with Gasteiger partial charge in [-0.2, -0.15) is 0 Å². The third-order valence-electron chi connectivity index (χ3n) is 2.98. The number of aliphatic hydroxyl groups excluding tert-OH is 1. The van der Waals surface area contributed by atoms with Crippen molar-refractivity contribution in [2.75, 3.05) is 30.3 Å². The molecule has 94 valence electrons. The maximum atomic E-state index is 8.88. The number of nitrogens with two attached hydrogens (primary N) is 1. The Morgan fingerprint density at radius 2 is 2.24 bits per heavy atom. The maximum absolute atomic E-state index is 8.88. The van der Waals surface area contributed by atoms with E-state index in [1.807, 2.05) is 6.07 Å². The molecule has 5 heteroatoms. The lowest BCUT2D eigenvalue weighted by atomic mass is 10.3. The van der Waals surface area contributed by atoms with E-state index in [1.165, 1.54) is 12.8 Å². The van der Waals surface area contributed by atoms with Gasteiger partial charge in [0.05, 0.1) is 0 Å². The highest BCUT2D eigenvalue weighted by Crippen LogP contribution is 2.38. The summed E-state index contributed by atoms with van der Waals surface area (Å²) < 4.78 is 0. The van der Waals surface area contributed by atoms with E-state index in [2.05, 4.69) is 21.8 Å². The van der Waals surface area contributed by atoms with Crippen LogP contribution in [0, 0.1) is 0 Å². The van der Waals surface area contributed by atoms with E-state index in [0.29, 0.717) is 11.7 Å². The van der Waals surface area contributed by atoms with Gasteiger partial charge in [-0.3, -0.25) is 0 Å². The first-order valence-corrected chi connectivity index (χ1v) is 6.25. The molecule has 1 aromatic rings. The van der Waals surface area contributed by atoms with Crippen molar-refractivity contribution in [1.82, 2.24) is 9.97 Å². The molecule has 1 saturated carbocycles. The molecule has 1 aliphatic carbocycles. The van der Waals surface area contributed by atoms with E-state index in [4.69, 9.17) is 10.8 Å². The summed E-state index contributed by atoms with van der Waals surface area (Å²) in [5.41, 5.74) is 5.82. The highest BCUT2D eigenvalue weighted by atomic mass is 16.3. The smallest absolute Gasteiger partial charge is 0.136 e. The minimum Gasteiger partial charge on any atom is -0.396 e. The topological polar surface area (TPSA) is 75.3 Å². The van der Waals surface area contributed by atoms with Crippen LogP contribution in [-0.4, -0.2) is 34.8 Å². The molecule has 3 N–H and O–H groups in total. The quantitative estimate of drug-likeness (QED) is 0.774. The number of nitrogens with zero attached hydrogens (tertiary/aromatic N) is 3. The lowest BCUT2D eigenvalue weighted by Gasteiger charge is -2.22. The maximum Gasteiger partial charge on any atom is 0.136 e. The van der Waals surface area contributed by atoms with Crippen LogP contribution >= 0.6 is 0 Å².